The van der Waals surface area contributed by atoms with Crippen molar-refractivity contribution in [2.45, 2.75) is 78.0 Å². The highest BCUT2D eigenvalue weighted by molar-refractivity contribution is 6.15. The minimum Gasteiger partial charge on any atom is -0.0663 e. The fourth-order valence-electron chi connectivity index (χ4n) is 3.02. The van der Waals surface area contributed by atoms with Crippen LogP contribution in [0, 0.1) is 17.8 Å². The van der Waals surface area contributed by atoms with Crippen molar-refractivity contribution in [3.63, 3.8) is 0 Å². The van der Waals surface area contributed by atoms with Crippen molar-refractivity contribution < 1.29 is 0 Å². The normalized spacial score (nSPS) is 42.9. The molecule has 0 spiro atoms. The molecule has 0 aromatic carbocycles. The van der Waals surface area contributed by atoms with Gasteiger partial charge in [0, 0.05) is 0 Å². The Hall–Kier alpha value is 0.0649. The van der Waals surface area contributed by atoms with Crippen LogP contribution in [0.3, 0.4) is 0 Å². The second-order valence-electron chi connectivity index (χ2n) is 6.31. The van der Waals surface area contributed by atoms with E-state index in [1.807, 2.05) is 0 Å². The number of hydrogen-bond donors (Lipinski definition) is 0. The molecule has 1 aliphatic carbocycles. The van der Waals surface area contributed by atoms with Gasteiger partial charge >= 0.3 is 0 Å². The van der Waals surface area contributed by atoms with Crippen LogP contribution in [0.2, 0.25) is 5.31 Å². The molecule has 1 fully saturated rings. The van der Waals surface area contributed by atoms with Crippen molar-refractivity contribution in [3.8, 4) is 0 Å². The third kappa shape index (κ3) is 3.82. The molecule has 1 saturated carbocycles. The summed E-state index contributed by atoms with van der Waals surface area (Å²) in [6, 6.07) is 0. The summed E-state index contributed by atoms with van der Waals surface area (Å²) in [5.74, 6) is 2.59. The monoisotopic (exact) mass is 220 g/mol. The molecule has 1 rings (SSSR count). The van der Waals surface area contributed by atoms with Crippen molar-refractivity contribution in [3.05, 3.63) is 0 Å². The molecule has 0 amide bonds. The minimum atomic E-state index is 0.133. The predicted molar refractivity (Wildman–Crippen MR) is 73.9 cm³/mol. The molecule has 0 bridgehead atoms. The van der Waals surface area contributed by atoms with Crippen LogP contribution >= 0.6 is 0 Å². The summed E-state index contributed by atoms with van der Waals surface area (Å²) in [6.07, 6.45) is 9.01. The minimum absolute atomic E-state index is 0.133. The van der Waals surface area contributed by atoms with Crippen LogP contribution in [0.25, 0.3) is 0 Å². The summed E-state index contributed by atoms with van der Waals surface area (Å²) < 4.78 is 0. The van der Waals surface area contributed by atoms with Gasteiger partial charge in [0.15, 0.2) is 0 Å². The lowest BCUT2D eigenvalue weighted by Gasteiger charge is -2.35. The van der Waals surface area contributed by atoms with Crippen LogP contribution in [0.4, 0.5) is 0 Å². The number of hydrogen-bond acceptors (Lipinski definition) is 0. The molecule has 0 N–H and O–H groups in total. The SMILES string of the molecule is [B]C1(CC)CCCCC(C)C(C)C(C)CC1. The smallest absolute Gasteiger partial charge is 0.0663 e. The van der Waals surface area contributed by atoms with Gasteiger partial charge in [-0.3, -0.25) is 0 Å². The molecule has 92 valence electrons. The summed E-state index contributed by atoms with van der Waals surface area (Å²) in [7, 11) is 6.49. The van der Waals surface area contributed by atoms with Gasteiger partial charge in [-0.25, -0.2) is 0 Å². The van der Waals surface area contributed by atoms with Gasteiger partial charge in [-0.05, 0) is 17.8 Å². The zero-order valence-electron chi connectivity index (χ0n) is 11.8. The standard InChI is InChI=1S/C15H29B/c1-5-15(16)10-7-6-8-12(2)14(4)13(3)9-11-15/h12-14H,5-11H2,1-4H3. The van der Waals surface area contributed by atoms with E-state index in [-0.39, 0.29) is 5.31 Å². The van der Waals surface area contributed by atoms with Gasteiger partial charge in [-0.1, -0.05) is 78.0 Å². The fraction of sp³-hybridized carbons (Fsp3) is 1.00. The fourth-order valence-corrected chi connectivity index (χ4v) is 3.02. The zero-order valence-corrected chi connectivity index (χ0v) is 11.8. The summed E-state index contributed by atoms with van der Waals surface area (Å²) in [4.78, 5) is 0. The molecule has 1 heteroatoms. The summed E-state index contributed by atoms with van der Waals surface area (Å²) in [6.45, 7) is 9.53. The Morgan fingerprint density at radius 3 is 2.25 bits per heavy atom. The van der Waals surface area contributed by atoms with E-state index in [0.717, 1.165) is 24.2 Å². The van der Waals surface area contributed by atoms with Crippen molar-refractivity contribution >= 4 is 7.85 Å². The molecule has 0 aliphatic heterocycles. The Labute approximate surface area is 104 Å². The second-order valence-corrected chi connectivity index (χ2v) is 6.31. The quantitative estimate of drug-likeness (QED) is 0.546. The van der Waals surface area contributed by atoms with Crippen molar-refractivity contribution in [1.82, 2.24) is 0 Å². The van der Waals surface area contributed by atoms with E-state index in [9.17, 15) is 0 Å². The van der Waals surface area contributed by atoms with Crippen LogP contribution in [0.15, 0.2) is 0 Å². The van der Waals surface area contributed by atoms with Gasteiger partial charge in [0.25, 0.3) is 0 Å². The van der Waals surface area contributed by atoms with Gasteiger partial charge < -0.3 is 0 Å². The van der Waals surface area contributed by atoms with E-state index in [4.69, 9.17) is 7.85 Å². The molecular formula is C15H29B. The largest absolute Gasteiger partial charge is 0.0746 e. The first-order valence-corrected chi connectivity index (χ1v) is 7.27. The van der Waals surface area contributed by atoms with Crippen molar-refractivity contribution in [1.29, 1.82) is 0 Å². The van der Waals surface area contributed by atoms with Gasteiger partial charge in [0.05, 0.1) is 7.85 Å². The van der Waals surface area contributed by atoms with Gasteiger partial charge in [-0.2, -0.15) is 0 Å². The summed E-state index contributed by atoms with van der Waals surface area (Å²) in [5.41, 5.74) is 0. The van der Waals surface area contributed by atoms with Crippen molar-refractivity contribution in [2.75, 3.05) is 0 Å². The number of rotatable bonds is 1. The Bertz CT molecular complexity index is 202. The van der Waals surface area contributed by atoms with Gasteiger partial charge in [-0.15, -0.1) is 0 Å². The molecule has 4 unspecified atom stereocenters. The average molecular weight is 220 g/mol. The lowest BCUT2D eigenvalue weighted by molar-refractivity contribution is 0.222. The molecule has 0 aromatic rings. The van der Waals surface area contributed by atoms with Crippen LogP contribution < -0.4 is 0 Å². The summed E-state index contributed by atoms with van der Waals surface area (Å²) >= 11 is 0. The highest BCUT2D eigenvalue weighted by atomic mass is 14.3. The highest BCUT2D eigenvalue weighted by Gasteiger charge is 2.26. The average Bonchev–Trinajstić information content (AvgIpc) is 2.29. The lowest BCUT2D eigenvalue weighted by atomic mass is 9.59. The Morgan fingerprint density at radius 1 is 1.00 bits per heavy atom. The maximum absolute atomic E-state index is 6.49. The Kier molecular flexibility index (Phi) is 5.40. The molecule has 1 aliphatic rings. The molecule has 4 atom stereocenters. The highest BCUT2D eigenvalue weighted by Crippen LogP contribution is 2.42. The van der Waals surface area contributed by atoms with Gasteiger partial charge in [0.1, 0.15) is 0 Å². The van der Waals surface area contributed by atoms with E-state index in [1.54, 1.807) is 0 Å². The molecule has 0 nitrogen and oxygen atoms in total. The lowest BCUT2D eigenvalue weighted by Crippen LogP contribution is -2.21. The van der Waals surface area contributed by atoms with E-state index < -0.39 is 0 Å². The topological polar surface area (TPSA) is 0 Å². The molecular weight excluding hydrogens is 191 g/mol. The third-order valence-electron chi connectivity index (χ3n) is 5.18. The van der Waals surface area contributed by atoms with Crippen LogP contribution in [-0.4, -0.2) is 7.85 Å². The molecule has 0 heterocycles. The Balaban J connectivity index is 2.61. The van der Waals surface area contributed by atoms with Crippen LogP contribution in [0.5, 0.6) is 0 Å². The van der Waals surface area contributed by atoms with E-state index in [1.165, 1.54) is 38.5 Å². The Morgan fingerprint density at radius 2 is 1.62 bits per heavy atom. The van der Waals surface area contributed by atoms with Crippen molar-refractivity contribution in [2.24, 2.45) is 17.8 Å². The molecule has 16 heavy (non-hydrogen) atoms. The maximum Gasteiger partial charge on any atom is 0.0746 e. The molecule has 0 saturated heterocycles. The molecule has 2 radical (unpaired) electrons. The van der Waals surface area contributed by atoms with E-state index in [0.29, 0.717) is 0 Å². The molecule has 0 aromatic heterocycles. The maximum atomic E-state index is 6.49. The van der Waals surface area contributed by atoms with Crippen LogP contribution in [0.1, 0.15) is 72.6 Å². The van der Waals surface area contributed by atoms with Crippen LogP contribution in [-0.2, 0) is 0 Å². The first-order valence-electron chi connectivity index (χ1n) is 7.27. The summed E-state index contributed by atoms with van der Waals surface area (Å²) in [5, 5.41) is 0.133. The van der Waals surface area contributed by atoms with E-state index in [2.05, 4.69) is 27.7 Å². The van der Waals surface area contributed by atoms with E-state index >= 15 is 0 Å². The third-order valence-corrected chi connectivity index (χ3v) is 5.18. The van der Waals surface area contributed by atoms with Gasteiger partial charge in [0.2, 0.25) is 0 Å². The predicted octanol–water partition coefficient (Wildman–Crippen LogP) is 4.99. The zero-order chi connectivity index (χ0) is 12.2. The first-order chi connectivity index (χ1) is 7.48. The first kappa shape index (κ1) is 14.1. The second kappa shape index (κ2) is 6.12.